The minimum Gasteiger partial charge on any atom is -0.481 e. The number of rotatable bonds is 6. The number of hydrogen-bond donors (Lipinski definition) is 1. The van der Waals surface area contributed by atoms with Gasteiger partial charge in [0, 0.05) is 23.3 Å². The van der Waals surface area contributed by atoms with Gasteiger partial charge in [-0.15, -0.1) is 0 Å². The molecule has 0 saturated carbocycles. The number of aliphatic carboxylic acids is 1. The summed E-state index contributed by atoms with van der Waals surface area (Å²) in [5.41, 5.74) is 2.20. The monoisotopic (exact) mass is 390 g/mol. The van der Waals surface area contributed by atoms with Crippen molar-refractivity contribution in [1.82, 2.24) is 4.98 Å². The number of fused-ring (bicyclic) bond motifs is 1. The molecule has 0 fully saturated rings. The molecule has 0 atom stereocenters. The first-order valence-electron chi connectivity index (χ1n) is 8.62. The number of nitrogens with zero attached hydrogens (tertiary/aromatic N) is 2. The Balaban J connectivity index is 1.67. The molecule has 0 aliphatic carbocycles. The molecule has 8 heteroatoms. The maximum atomic E-state index is 11.3. The number of para-hydroxylation sites is 2. The average molecular weight is 390 g/mol. The van der Waals surface area contributed by atoms with Crippen molar-refractivity contribution in [3.05, 3.63) is 82.4 Å². The highest BCUT2D eigenvalue weighted by Gasteiger charge is 2.16. The second kappa shape index (κ2) is 7.43. The number of non-ortho nitro benzene ring substituents is 1. The predicted molar refractivity (Wildman–Crippen MR) is 105 cm³/mol. The van der Waals surface area contributed by atoms with Crippen LogP contribution in [0.4, 0.5) is 5.69 Å². The lowest BCUT2D eigenvalue weighted by molar-refractivity contribution is -0.384. The van der Waals surface area contributed by atoms with E-state index in [0.29, 0.717) is 33.8 Å². The molecule has 29 heavy (non-hydrogen) atoms. The third kappa shape index (κ3) is 3.91. The minimum absolute atomic E-state index is 0.0138. The summed E-state index contributed by atoms with van der Waals surface area (Å²) in [7, 11) is 0. The van der Waals surface area contributed by atoms with Gasteiger partial charge in [0.15, 0.2) is 5.58 Å². The molecule has 2 aromatic heterocycles. The van der Waals surface area contributed by atoms with Crippen molar-refractivity contribution in [2.24, 2.45) is 0 Å². The van der Waals surface area contributed by atoms with Crippen molar-refractivity contribution in [1.29, 1.82) is 0 Å². The van der Waals surface area contributed by atoms with Crippen LogP contribution in [0.3, 0.4) is 0 Å². The van der Waals surface area contributed by atoms with Crippen molar-refractivity contribution < 1.29 is 23.7 Å². The molecule has 2 aromatic carbocycles. The number of oxazole rings is 1. The number of nitro benzene ring substituents is 1. The third-order valence-corrected chi connectivity index (χ3v) is 4.22. The molecule has 0 aliphatic rings. The Labute approximate surface area is 163 Å². The molecule has 0 bridgehead atoms. The number of aromatic nitrogens is 1. The molecule has 8 nitrogen and oxygen atoms in total. The van der Waals surface area contributed by atoms with Crippen LogP contribution in [0.15, 0.2) is 69.5 Å². The van der Waals surface area contributed by atoms with E-state index >= 15 is 0 Å². The van der Waals surface area contributed by atoms with Gasteiger partial charge in [-0.3, -0.25) is 14.9 Å². The van der Waals surface area contributed by atoms with Crippen molar-refractivity contribution in [3.63, 3.8) is 0 Å². The van der Waals surface area contributed by atoms with Gasteiger partial charge in [0.05, 0.1) is 11.3 Å². The summed E-state index contributed by atoms with van der Waals surface area (Å²) in [6.07, 6.45) is 1.27. The van der Waals surface area contributed by atoms with Crippen molar-refractivity contribution >= 4 is 34.4 Å². The van der Waals surface area contributed by atoms with Gasteiger partial charge < -0.3 is 13.9 Å². The summed E-state index contributed by atoms with van der Waals surface area (Å²) in [6.45, 7) is 0. The number of hydrogen-bond acceptors (Lipinski definition) is 6. The fourth-order valence-corrected chi connectivity index (χ4v) is 2.87. The first-order chi connectivity index (χ1) is 14.0. The topological polar surface area (TPSA) is 120 Å². The van der Waals surface area contributed by atoms with Gasteiger partial charge >= 0.3 is 5.97 Å². The molecule has 1 N–H and O–H groups in total. The molecule has 0 radical (unpaired) electrons. The van der Waals surface area contributed by atoms with Gasteiger partial charge in [0.25, 0.3) is 5.69 Å². The second-order valence-corrected chi connectivity index (χ2v) is 6.23. The molecule has 0 aliphatic heterocycles. The van der Waals surface area contributed by atoms with Crippen LogP contribution in [0.1, 0.15) is 18.1 Å². The SMILES string of the molecule is O=C(O)C/C(=C/c1ccc(-c2ccc([N+](=O)[O-])cc2)o1)c1nc2ccccc2o1. The zero-order valence-corrected chi connectivity index (χ0v) is 14.9. The molecule has 0 spiro atoms. The van der Waals surface area contributed by atoms with Crippen LogP contribution in [0.25, 0.3) is 34.1 Å². The van der Waals surface area contributed by atoms with E-state index in [1.807, 2.05) is 6.07 Å². The van der Waals surface area contributed by atoms with Gasteiger partial charge in [-0.05, 0) is 42.5 Å². The molecular formula is C21H14N2O6. The van der Waals surface area contributed by atoms with E-state index in [1.54, 1.807) is 48.5 Å². The normalized spacial score (nSPS) is 11.7. The molecule has 0 unspecified atom stereocenters. The average Bonchev–Trinajstić information content (AvgIpc) is 3.34. The Kier molecular flexibility index (Phi) is 4.66. The molecule has 0 saturated heterocycles. The Morgan fingerprint density at radius 2 is 1.83 bits per heavy atom. The van der Waals surface area contributed by atoms with Gasteiger partial charge in [-0.1, -0.05) is 12.1 Å². The number of carboxylic acid groups (broad SMARTS) is 1. The van der Waals surface area contributed by atoms with E-state index in [0.717, 1.165) is 0 Å². The highest BCUT2D eigenvalue weighted by Crippen LogP contribution is 2.29. The van der Waals surface area contributed by atoms with Gasteiger partial charge in [0.2, 0.25) is 5.89 Å². The van der Waals surface area contributed by atoms with Crippen LogP contribution in [0.5, 0.6) is 0 Å². The summed E-state index contributed by atoms with van der Waals surface area (Å²) in [5.74, 6) is 0.0952. The number of carbonyl (C=O) groups is 1. The van der Waals surface area contributed by atoms with E-state index in [-0.39, 0.29) is 18.0 Å². The van der Waals surface area contributed by atoms with Gasteiger partial charge in [-0.2, -0.15) is 0 Å². The summed E-state index contributed by atoms with van der Waals surface area (Å²) < 4.78 is 11.5. The Morgan fingerprint density at radius 3 is 2.52 bits per heavy atom. The molecule has 144 valence electrons. The van der Waals surface area contributed by atoms with E-state index < -0.39 is 10.9 Å². The van der Waals surface area contributed by atoms with Crippen LogP contribution < -0.4 is 0 Å². The fourth-order valence-electron chi connectivity index (χ4n) is 2.87. The number of benzene rings is 2. The van der Waals surface area contributed by atoms with E-state index in [2.05, 4.69) is 4.98 Å². The minimum atomic E-state index is -1.03. The number of nitro groups is 1. The third-order valence-electron chi connectivity index (χ3n) is 4.22. The van der Waals surface area contributed by atoms with E-state index in [4.69, 9.17) is 8.83 Å². The molecule has 2 heterocycles. The molecule has 0 amide bonds. The zero-order chi connectivity index (χ0) is 20.4. The summed E-state index contributed by atoms with van der Waals surface area (Å²) >= 11 is 0. The van der Waals surface area contributed by atoms with Crippen molar-refractivity contribution in [2.45, 2.75) is 6.42 Å². The number of carboxylic acids is 1. The highest BCUT2D eigenvalue weighted by atomic mass is 16.6. The maximum Gasteiger partial charge on any atom is 0.308 e. The van der Waals surface area contributed by atoms with Crippen LogP contribution in [-0.2, 0) is 4.79 Å². The Hall–Kier alpha value is -4.20. The maximum absolute atomic E-state index is 11.3. The predicted octanol–water partition coefficient (Wildman–Crippen LogP) is 5.01. The Morgan fingerprint density at radius 1 is 1.07 bits per heavy atom. The quantitative estimate of drug-likeness (QED) is 0.363. The second-order valence-electron chi connectivity index (χ2n) is 6.23. The highest BCUT2D eigenvalue weighted by molar-refractivity contribution is 5.90. The lowest BCUT2D eigenvalue weighted by Gasteiger charge is -1.99. The van der Waals surface area contributed by atoms with Crippen LogP contribution >= 0.6 is 0 Å². The lowest BCUT2D eigenvalue weighted by Crippen LogP contribution is -1.97. The first kappa shape index (κ1) is 18.2. The standard InChI is InChI=1S/C21H14N2O6/c24-20(25)12-14(21-22-17-3-1-2-4-19(17)29-21)11-16-9-10-18(28-16)13-5-7-15(8-6-13)23(26)27/h1-11H,12H2,(H,24,25)/b14-11-. The van der Waals surface area contributed by atoms with Crippen molar-refractivity contribution in [3.8, 4) is 11.3 Å². The van der Waals surface area contributed by atoms with E-state index in [1.165, 1.54) is 12.1 Å². The lowest BCUT2D eigenvalue weighted by atomic mass is 10.1. The summed E-state index contributed by atoms with van der Waals surface area (Å²) in [5, 5.41) is 20.0. The fraction of sp³-hybridized carbons (Fsp3) is 0.0476. The first-order valence-corrected chi connectivity index (χ1v) is 8.62. The van der Waals surface area contributed by atoms with E-state index in [9.17, 15) is 20.0 Å². The molecule has 4 aromatic rings. The largest absolute Gasteiger partial charge is 0.481 e. The van der Waals surface area contributed by atoms with Crippen LogP contribution in [0.2, 0.25) is 0 Å². The molecule has 4 rings (SSSR count). The Bertz CT molecular complexity index is 1200. The summed E-state index contributed by atoms with van der Waals surface area (Å²) in [6, 6.07) is 16.5. The number of furan rings is 1. The van der Waals surface area contributed by atoms with Gasteiger partial charge in [-0.25, -0.2) is 4.98 Å². The van der Waals surface area contributed by atoms with Crippen LogP contribution in [-0.4, -0.2) is 21.0 Å². The van der Waals surface area contributed by atoms with Gasteiger partial charge in [0.1, 0.15) is 17.0 Å². The zero-order valence-electron chi connectivity index (χ0n) is 14.9. The smallest absolute Gasteiger partial charge is 0.308 e. The summed E-state index contributed by atoms with van der Waals surface area (Å²) in [4.78, 5) is 26.0. The van der Waals surface area contributed by atoms with Crippen molar-refractivity contribution in [2.75, 3.05) is 0 Å². The molecular weight excluding hydrogens is 376 g/mol. The van der Waals surface area contributed by atoms with Crippen LogP contribution in [0, 0.1) is 10.1 Å².